The molecule has 1 aliphatic carbocycles. The lowest BCUT2D eigenvalue weighted by Gasteiger charge is -2.26. The summed E-state index contributed by atoms with van der Waals surface area (Å²) < 4.78 is 0. The Kier molecular flexibility index (Phi) is 6.40. The van der Waals surface area contributed by atoms with Gasteiger partial charge in [0.15, 0.2) is 0 Å². The molecule has 0 atom stereocenters. The second-order valence-electron chi connectivity index (χ2n) is 15.1. The zero-order valence-corrected chi connectivity index (χ0v) is 29.8. The van der Waals surface area contributed by atoms with E-state index in [2.05, 4.69) is 196 Å². The van der Waals surface area contributed by atoms with Crippen LogP contribution in [-0.4, -0.2) is 0 Å². The predicted octanol–water partition coefficient (Wildman–Crippen LogP) is 14.8. The third kappa shape index (κ3) is 4.24. The summed E-state index contributed by atoms with van der Waals surface area (Å²) in [5.41, 5.74) is 13.0. The lowest BCUT2D eigenvalue weighted by Crippen LogP contribution is -2.17. The van der Waals surface area contributed by atoms with Gasteiger partial charge in [0, 0.05) is 5.41 Å². The Morgan fingerprint density at radius 3 is 1.40 bits per heavy atom. The molecule has 0 heterocycles. The zero-order valence-electron chi connectivity index (χ0n) is 29.8. The molecule has 0 aromatic heterocycles. The van der Waals surface area contributed by atoms with Crippen molar-refractivity contribution in [3.8, 4) is 44.5 Å². The van der Waals surface area contributed by atoms with Gasteiger partial charge in [0.2, 0.25) is 0 Å². The summed E-state index contributed by atoms with van der Waals surface area (Å²) in [7, 11) is 0. The molecule has 0 saturated carbocycles. The Morgan fingerprint density at radius 2 is 0.717 bits per heavy atom. The smallest absolute Gasteiger partial charge is 0.0171 e. The number of hydrogen-bond acceptors (Lipinski definition) is 0. The molecule has 0 heteroatoms. The van der Waals surface area contributed by atoms with Gasteiger partial charge in [-0.3, -0.25) is 0 Å². The highest BCUT2D eigenvalue weighted by Crippen LogP contribution is 2.57. The summed E-state index contributed by atoms with van der Waals surface area (Å²) in [6, 6.07) is 67.7. The Morgan fingerprint density at radius 1 is 0.283 bits per heavy atom. The third-order valence-corrected chi connectivity index (χ3v) is 12.0. The molecular weight excluding hydrogens is 637 g/mol. The van der Waals surface area contributed by atoms with Crippen LogP contribution in [-0.2, 0) is 5.41 Å². The second-order valence-corrected chi connectivity index (χ2v) is 15.1. The molecule has 248 valence electrons. The summed E-state index contributed by atoms with van der Waals surface area (Å²) >= 11 is 0. The molecule has 0 unspecified atom stereocenters. The van der Waals surface area contributed by atoms with Gasteiger partial charge in [-0.25, -0.2) is 0 Å². The van der Waals surface area contributed by atoms with Gasteiger partial charge in [-0.15, -0.1) is 0 Å². The second kappa shape index (κ2) is 11.2. The first-order chi connectivity index (χ1) is 26.1. The molecule has 0 saturated heterocycles. The topological polar surface area (TPSA) is 0 Å². The van der Waals surface area contributed by atoms with Crippen LogP contribution in [0.25, 0.3) is 98.4 Å². The quantitative estimate of drug-likeness (QED) is 0.129. The number of hydrogen-bond donors (Lipinski definition) is 0. The highest BCUT2D eigenvalue weighted by molar-refractivity contribution is 6.24. The van der Waals surface area contributed by atoms with Crippen molar-refractivity contribution in [2.75, 3.05) is 0 Å². The Balaban J connectivity index is 1.17. The van der Waals surface area contributed by atoms with E-state index in [-0.39, 0.29) is 5.41 Å². The first-order valence-electron chi connectivity index (χ1n) is 18.7. The highest BCUT2D eigenvalue weighted by Gasteiger charge is 2.40. The van der Waals surface area contributed by atoms with Crippen LogP contribution in [0.3, 0.4) is 0 Å². The number of fused-ring (bicyclic) bond motifs is 11. The van der Waals surface area contributed by atoms with Crippen molar-refractivity contribution in [1.82, 2.24) is 0 Å². The lowest BCUT2D eigenvalue weighted by molar-refractivity contribution is 0.668. The molecule has 0 aliphatic heterocycles. The fraction of sp³-hybridized carbons (Fsp3) is 0.0566. The van der Waals surface area contributed by atoms with Crippen molar-refractivity contribution < 1.29 is 0 Å². The van der Waals surface area contributed by atoms with Crippen LogP contribution < -0.4 is 0 Å². The lowest BCUT2D eigenvalue weighted by atomic mass is 9.76. The van der Waals surface area contributed by atoms with Crippen molar-refractivity contribution in [3.05, 3.63) is 193 Å². The van der Waals surface area contributed by atoms with Crippen molar-refractivity contribution in [2.45, 2.75) is 19.3 Å². The minimum absolute atomic E-state index is 0.194. The van der Waals surface area contributed by atoms with E-state index in [1.54, 1.807) is 0 Å². The van der Waals surface area contributed by atoms with E-state index in [4.69, 9.17) is 0 Å². The van der Waals surface area contributed by atoms with Crippen molar-refractivity contribution in [2.24, 2.45) is 0 Å². The molecule has 0 nitrogen and oxygen atoms in total. The molecule has 0 amide bonds. The van der Waals surface area contributed by atoms with Gasteiger partial charge in [-0.05, 0) is 116 Å². The van der Waals surface area contributed by atoms with E-state index in [0.29, 0.717) is 0 Å². The fourth-order valence-electron chi connectivity index (χ4n) is 9.89. The van der Waals surface area contributed by atoms with Gasteiger partial charge in [-0.2, -0.15) is 0 Å². The largest absolute Gasteiger partial charge is 0.0616 e. The van der Waals surface area contributed by atoms with E-state index < -0.39 is 0 Å². The van der Waals surface area contributed by atoms with Gasteiger partial charge in [0.1, 0.15) is 0 Å². The van der Waals surface area contributed by atoms with Gasteiger partial charge in [-0.1, -0.05) is 190 Å². The summed E-state index contributed by atoms with van der Waals surface area (Å²) in [6.07, 6.45) is 0. The van der Waals surface area contributed by atoms with E-state index >= 15 is 0 Å². The summed E-state index contributed by atoms with van der Waals surface area (Å²) in [4.78, 5) is 0. The van der Waals surface area contributed by atoms with Crippen molar-refractivity contribution >= 4 is 53.9 Å². The molecule has 53 heavy (non-hydrogen) atoms. The SMILES string of the molecule is CC1(C)c2c(-c3cccc(-c4c5ccccc5c(-c5cccc6ccccc56)c5ccccc45)c3)cccc2-c2c1c1ccccc1c1ccccc21. The zero-order chi connectivity index (χ0) is 35.3. The summed E-state index contributed by atoms with van der Waals surface area (Å²) in [6.45, 7) is 4.86. The Bertz CT molecular complexity index is 3080. The van der Waals surface area contributed by atoms with Crippen LogP contribution >= 0.6 is 0 Å². The van der Waals surface area contributed by atoms with Crippen molar-refractivity contribution in [1.29, 1.82) is 0 Å². The highest BCUT2D eigenvalue weighted by atomic mass is 14.4. The molecule has 11 rings (SSSR count). The average Bonchev–Trinajstić information content (AvgIpc) is 3.46. The minimum Gasteiger partial charge on any atom is -0.0616 e. The molecule has 0 spiro atoms. The van der Waals surface area contributed by atoms with Crippen LogP contribution in [0.1, 0.15) is 25.0 Å². The first-order valence-corrected chi connectivity index (χ1v) is 18.7. The molecule has 1 aliphatic rings. The Hall–Kier alpha value is -6.50. The normalized spacial score (nSPS) is 13.2. The van der Waals surface area contributed by atoms with E-state index in [0.717, 1.165) is 0 Å². The molecule has 0 fully saturated rings. The molecule has 0 bridgehead atoms. The molecule has 0 N–H and O–H groups in total. The van der Waals surface area contributed by atoms with Crippen molar-refractivity contribution in [3.63, 3.8) is 0 Å². The molecule has 0 radical (unpaired) electrons. The van der Waals surface area contributed by atoms with Gasteiger partial charge in [0.25, 0.3) is 0 Å². The van der Waals surface area contributed by atoms with Crippen LogP contribution in [0.5, 0.6) is 0 Å². The van der Waals surface area contributed by atoms with Crippen LogP contribution in [0, 0.1) is 0 Å². The Labute approximate surface area is 309 Å². The number of rotatable bonds is 3. The van der Waals surface area contributed by atoms with E-state index in [1.807, 2.05) is 0 Å². The first kappa shape index (κ1) is 30.2. The van der Waals surface area contributed by atoms with Gasteiger partial charge < -0.3 is 0 Å². The average molecular weight is 673 g/mol. The predicted molar refractivity (Wildman–Crippen MR) is 228 cm³/mol. The van der Waals surface area contributed by atoms with E-state index in [9.17, 15) is 0 Å². The minimum atomic E-state index is -0.194. The molecular formula is C53H36. The third-order valence-electron chi connectivity index (χ3n) is 12.0. The maximum absolute atomic E-state index is 2.44. The molecule has 10 aromatic carbocycles. The van der Waals surface area contributed by atoms with Gasteiger partial charge in [0.05, 0.1) is 0 Å². The van der Waals surface area contributed by atoms with Crippen LogP contribution in [0.4, 0.5) is 0 Å². The van der Waals surface area contributed by atoms with Crippen LogP contribution in [0.15, 0.2) is 182 Å². The monoisotopic (exact) mass is 672 g/mol. The fourth-order valence-corrected chi connectivity index (χ4v) is 9.89. The summed E-state index contributed by atoms with van der Waals surface area (Å²) in [5, 5.41) is 13.0. The maximum atomic E-state index is 2.44. The molecule has 10 aromatic rings. The van der Waals surface area contributed by atoms with E-state index in [1.165, 1.54) is 109 Å². The number of benzene rings is 10. The standard InChI is InChI=1S/C53H36/c1-53(2)51-37(29-15-31-47(51)50-41-23-7-5-21-38(41)39-22-6-12-28-46(39)52(50)53)34-18-13-19-35(32-34)48-42-24-8-10-26-44(42)49(45-27-11-9-25-43(45)48)40-30-14-17-33-16-3-4-20-36(33)40/h3-32H,1-2H3. The van der Waals surface area contributed by atoms with Crippen LogP contribution in [0.2, 0.25) is 0 Å². The van der Waals surface area contributed by atoms with Gasteiger partial charge >= 0.3 is 0 Å². The summed E-state index contributed by atoms with van der Waals surface area (Å²) in [5.74, 6) is 0. The maximum Gasteiger partial charge on any atom is 0.0171 e.